The fraction of sp³-hybridized carbons (Fsp3) is 0.531. The first kappa shape index (κ1) is 33.1. The number of nitrogens with zero attached hydrogens (tertiary/aromatic N) is 6. The van der Waals surface area contributed by atoms with E-state index < -0.39 is 25.4 Å². The average Bonchev–Trinajstić information content (AvgIpc) is 3.51. The summed E-state index contributed by atoms with van der Waals surface area (Å²) in [5.74, 6) is 0.978. The molecular weight excluding hydrogens is 574 g/mol. The van der Waals surface area contributed by atoms with Gasteiger partial charge in [0.2, 0.25) is 5.95 Å². The number of ether oxygens (including phenoxy) is 2. The van der Waals surface area contributed by atoms with Crippen molar-refractivity contribution >= 4 is 31.9 Å². The summed E-state index contributed by atoms with van der Waals surface area (Å²) in [6.45, 7) is 20.5. The summed E-state index contributed by atoms with van der Waals surface area (Å²) in [6, 6.07) is 9.75. The van der Waals surface area contributed by atoms with E-state index in [1.54, 1.807) is 35.0 Å². The number of amides is 1. The van der Waals surface area contributed by atoms with Gasteiger partial charge in [-0.05, 0) is 62.7 Å². The number of benzene rings is 1. The van der Waals surface area contributed by atoms with Gasteiger partial charge in [-0.25, -0.2) is 14.8 Å². The molecule has 0 fully saturated rings. The highest BCUT2D eigenvalue weighted by Gasteiger charge is 2.47. The molecule has 4 rings (SSSR count). The Bertz CT molecular complexity index is 1550. The van der Waals surface area contributed by atoms with Gasteiger partial charge >= 0.3 is 6.09 Å². The van der Waals surface area contributed by atoms with Crippen molar-refractivity contribution in [2.75, 3.05) is 37.1 Å². The molecule has 1 atom stereocenters. The smallest absolute Gasteiger partial charge is 0.414 e. The van der Waals surface area contributed by atoms with Crippen LogP contribution in [0.1, 0.15) is 59.6 Å². The van der Waals surface area contributed by atoms with Crippen molar-refractivity contribution in [1.29, 1.82) is 5.26 Å². The molecule has 0 saturated heterocycles. The molecule has 12 heteroatoms. The van der Waals surface area contributed by atoms with Crippen LogP contribution in [-0.2, 0) is 25.9 Å². The van der Waals surface area contributed by atoms with Crippen molar-refractivity contribution in [1.82, 2.24) is 19.7 Å². The van der Waals surface area contributed by atoms with Crippen LogP contribution in [0.2, 0.25) is 18.1 Å². The molecule has 3 heterocycles. The van der Waals surface area contributed by atoms with E-state index in [1.807, 2.05) is 39.1 Å². The number of fused-ring (bicyclic) bond motifs is 1. The van der Waals surface area contributed by atoms with Gasteiger partial charge in [0, 0.05) is 49.7 Å². The number of methoxy groups -OCH3 is 1. The quantitative estimate of drug-likeness (QED) is 0.262. The highest BCUT2D eigenvalue weighted by molar-refractivity contribution is 6.74. The van der Waals surface area contributed by atoms with Crippen molar-refractivity contribution in [3.05, 3.63) is 47.8 Å². The minimum atomic E-state index is -2.12. The number of rotatable bonds is 9. The lowest BCUT2D eigenvalue weighted by atomic mass is 9.83. The molecule has 0 saturated carbocycles. The van der Waals surface area contributed by atoms with Crippen molar-refractivity contribution in [3.8, 4) is 17.3 Å². The molecular formula is C32H45N7O4Si. The SMILES string of the molecule is COCCn1ccc(Nc2nccc(-c3cc(C#N)c4c(c3)C(C)(CO[Si](C)(C)C(C)(C)C)CN4C(=O)OC(C)(C)C)n2)n1. The summed E-state index contributed by atoms with van der Waals surface area (Å²) >= 11 is 0. The molecule has 1 N–H and O–H groups in total. The van der Waals surface area contributed by atoms with Crippen LogP contribution in [-0.4, -0.2) is 66.6 Å². The first-order valence-electron chi connectivity index (χ1n) is 14.8. The zero-order chi connectivity index (χ0) is 32.5. The minimum Gasteiger partial charge on any atom is -0.443 e. The van der Waals surface area contributed by atoms with Crippen LogP contribution in [0.4, 0.5) is 22.2 Å². The lowest BCUT2D eigenvalue weighted by molar-refractivity contribution is 0.0575. The molecule has 3 aromatic rings. The topological polar surface area (TPSA) is 127 Å². The molecule has 1 amide bonds. The normalized spacial score (nSPS) is 16.9. The Kier molecular flexibility index (Phi) is 9.26. The maximum atomic E-state index is 13.5. The Morgan fingerprint density at radius 1 is 1.18 bits per heavy atom. The molecule has 11 nitrogen and oxygen atoms in total. The maximum Gasteiger partial charge on any atom is 0.414 e. The van der Waals surface area contributed by atoms with E-state index in [0.717, 1.165) is 11.1 Å². The number of hydrogen-bond acceptors (Lipinski definition) is 9. The minimum absolute atomic E-state index is 0.0132. The van der Waals surface area contributed by atoms with E-state index >= 15 is 0 Å². The van der Waals surface area contributed by atoms with Gasteiger partial charge in [-0.2, -0.15) is 10.4 Å². The highest BCUT2D eigenvalue weighted by Crippen LogP contribution is 2.47. The van der Waals surface area contributed by atoms with E-state index in [-0.39, 0.29) is 5.04 Å². The molecule has 44 heavy (non-hydrogen) atoms. The third-order valence-corrected chi connectivity index (χ3v) is 12.7. The Morgan fingerprint density at radius 3 is 2.55 bits per heavy atom. The molecule has 0 radical (unpaired) electrons. The molecule has 1 aliphatic heterocycles. The Labute approximate surface area is 261 Å². The third-order valence-electron chi connectivity index (χ3n) is 8.19. The summed E-state index contributed by atoms with van der Waals surface area (Å²) in [4.78, 5) is 24.2. The average molecular weight is 620 g/mol. The van der Waals surface area contributed by atoms with Crippen LogP contribution >= 0.6 is 0 Å². The van der Waals surface area contributed by atoms with Gasteiger partial charge in [0.1, 0.15) is 11.7 Å². The predicted molar refractivity (Wildman–Crippen MR) is 174 cm³/mol. The summed E-state index contributed by atoms with van der Waals surface area (Å²) in [7, 11) is -0.471. The largest absolute Gasteiger partial charge is 0.443 e. The summed E-state index contributed by atoms with van der Waals surface area (Å²) in [5.41, 5.74) is 1.85. The number of hydrogen-bond donors (Lipinski definition) is 1. The second-order valence-electron chi connectivity index (χ2n) is 14.1. The molecule has 236 valence electrons. The molecule has 0 aliphatic carbocycles. The van der Waals surface area contributed by atoms with E-state index in [2.05, 4.69) is 62.3 Å². The van der Waals surface area contributed by atoms with Gasteiger partial charge in [-0.3, -0.25) is 9.58 Å². The van der Waals surface area contributed by atoms with Gasteiger partial charge in [0.15, 0.2) is 14.1 Å². The van der Waals surface area contributed by atoms with Gasteiger partial charge in [-0.1, -0.05) is 27.7 Å². The fourth-order valence-corrected chi connectivity index (χ4v) is 5.83. The molecule has 2 aromatic heterocycles. The Balaban J connectivity index is 1.74. The zero-order valence-corrected chi connectivity index (χ0v) is 28.6. The molecule has 0 spiro atoms. The second kappa shape index (κ2) is 12.3. The predicted octanol–water partition coefficient (Wildman–Crippen LogP) is 6.64. The van der Waals surface area contributed by atoms with Gasteiger partial charge in [0.25, 0.3) is 0 Å². The van der Waals surface area contributed by atoms with Crippen LogP contribution in [0.15, 0.2) is 36.7 Å². The van der Waals surface area contributed by atoms with Crippen molar-refractivity contribution in [2.24, 2.45) is 0 Å². The van der Waals surface area contributed by atoms with E-state index in [0.29, 0.717) is 55.0 Å². The maximum absolute atomic E-state index is 13.5. The van der Waals surface area contributed by atoms with Crippen molar-refractivity contribution < 1.29 is 18.7 Å². The number of nitrogens with one attached hydrogen (secondary N) is 1. The Hall–Kier alpha value is -3.79. The monoisotopic (exact) mass is 619 g/mol. The second-order valence-corrected chi connectivity index (χ2v) is 18.9. The number of anilines is 3. The van der Waals surface area contributed by atoms with Gasteiger partial charge < -0.3 is 19.2 Å². The van der Waals surface area contributed by atoms with E-state index in [9.17, 15) is 10.1 Å². The van der Waals surface area contributed by atoms with Gasteiger partial charge in [0.05, 0.1) is 30.1 Å². The van der Waals surface area contributed by atoms with Crippen molar-refractivity contribution in [3.63, 3.8) is 0 Å². The number of carbonyl (C=O) groups is 1. The van der Waals surface area contributed by atoms with E-state index in [4.69, 9.17) is 18.9 Å². The lowest BCUT2D eigenvalue weighted by Gasteiger charge is -2.39. The lowest BCUT2D eigenvalue weighted by Crippen LogP contribution is -2.46. The van der Waals surface area contributed by atoms with Crippen molar-refractivity contribution in [2.45, 2.75) is 84.2 Å². The number of carbonyl (C=O) groups excluding carboxylic acids is 1. The molecule has 1 aromatic carbocycles. The van der Waals surface area contributed by atoms with Crippen LogP contribution in [0.25, 0.3) is 11.3 Å². The molecule has 0 bridgehead atoms. The van der Waals surface area contributed by atoms with E-state index in [1.165, 1.54) is 0 Å². The van der Waals surface area contributed by atoms with Crippen LogP contribution in [0.5, 0.6) is 0 Å². The van der Waals surface area contributed by atoms with Crippen LogP contribution in [0.3, 0.4) is 0 Å². The standard InChI is InChI=1S/C32H45N7O4Si/c1-30(2,3)43-29(40)39-20-32(7,21-42-44(9,10)31(4,5)6)24-18-22(17-23(19-33)27(24)39)25-11-13-34-28(35-25)36-26-12-14-38(37-26)15-16-41-8/h11-14,17-18H,15-16,20-21H2,1-10H3,(H,34,35,36,37). The first-order valence-corrected chi connectivity index (χ1v) is 17.7. The number of nitriles is 1. The summed E-state index contributed by atoms with van der Waals surface area (Å²) in [6.07, 6.45) is 3.03. The summed E-state index contributed by atoms with van der Waals surface area (Å²) in [5, 5.41) is 18.0. The Morgan fingerprint density at radius 2 is 1.91 bits per heavy atom. The first-order chi connectivity index (χ1) is 20.5. The molecule has 1 unspecified atom stereocenters. The summed E-state index contributed by atoms with van der Waals surface area (Å²) < 4.78 is 19.4. The number of aromatic nitrogens is 4. The van der Waals surface area contributed by atoms with Crippen LogP contribution in [0, 0.1) is 11.3 Å². The highest BCUT2D eigenvalue weighted by atomic mass is 28.4. The molecule has 1 aliphatic rings. The van der Waals surface area contributed by atoms with Gasteiger partial charge in [-0.15, -0.1) is 0 Å². The zero-order valence-electron chi connectivity index (χ0n) is 27.6. The fourth-order valence-electron chi connectivity index (χ4n) is 4.72. The third kappa shape index (κ3) is 7.29. The van der Waals surface area contributed by atoms with Crippen LogP contribution < -0.4 is 10.2 Å².